The fraction of sp³-hybridized carbons (Fsp3) is 0.323. The third-order valence-corrected chi connectivity index (χ3v) is 7.55. The summed E-state index contributed by atoms with van der Waals surface area (Å²) in [6, 6.07) is 18.3. The van der Waals surface area contributed by atoms with Crippen LogP contribution in [0.1, 0.15) is 45.5 Å². The van der Waals surface area contributed by atoms with Gasteiger partial charge in [0.1, 0.15) is 17.9 Å². The van der Waals surface area contributed by atoms with Crippen LogP contribution >= 0.6 is 0 Å². The summed E-state index contributed by atoms with van der Waals surface area (Å²) < 4.78 is 13.1. The Balaban J connectivity index is 1.23. The first-order valence-electron chi connectivity index (χ1n) is 13.4. The number of para-hydroxylation sites is 1. The van der Waals surface area contributed by atoms with Crippen LogP contribution in [0.3, 0.4) is 0 Å². The molecule has 6 rings (SSSR count). The average Bonchev–Trinajstić information content (AvgIpc) is 3.65. The molecule has 2 aliphatic rings. The van der Waals surface area contributed by atoms with Crippen LogP contribution in [-0.2, 0) is 19.6 Å². The normalized spacial score (nSPS) is 15.1. The molecular weight excluding hydrogens is 492 g/mol. The lowest BCUT2D eigenvalue weighted by Gasteiger charge is -2.29. The molecule has 0 atom stereocenters. The number of ether oxygens (including phenoxy) is 2. The quantitative estimate of drug-likeness (QED) is 0.318. The van der Waals surface area contributed by atoms with E-state index < -0.39 is 5.97 Å². The molecule has 8 nitrogen and oxygen atoms in total. The monoisotopic (exact) mass is 524 g/mol. The van der Waals surface area contributed by atoms with Crippen molar-refractivity contribution in [2.24, 2.45) is 5.92 Å². The van der Waals surface area contributed by atoms with Crippen molar-refractivity contribution < 1.29 is 19.4 Å². The van der Waals surface area contributed by atoms with Crippen LogP contribution in [0.4, 0.5) is 0 Å². The largest absolute Gasteiger partial charge is 0.488 e. The van der Waals surface area contributed by atoms with Crippen molar-refractivity contribution in [2.75, 3.05) is 20.2 Å². The number of benzene rings is 2. The Morgan fingerprint density at radius 3 is 2.74 bits per heavy atom. The van der Waals surface area contributed by atoms with Gasteiger partial charge in [-0.15, -0.1) is 0 Å². The standard InChI is InChI=1S/C31H32N4O4/c1-20-5-3-6-25(27-7-4-8-28(33-27)35-30(38-2)26(16-32-35)31(36)37)29(20)39-19-22-11-12-24-18-34(17-21-9-10-21)14-13-23(24)15-22/h3-8,11-12,15-16,21H,9-10,13-14,17-19H2,1-2H3,(H,36,37). The number of carboxylic acid groups (broad SMARTS) is 1. The van der Waals surface area contributed by atoms with Gasteiger partial charge in [0, 0.05) is 25.2 Å². The maximum Gasteiger partial charge on any atom is 0.342 e. The highest BCUT2D eigenvalue weighted by molar-refractivity contribution is 5.90. The fourth-order valence-electron chi connectivity index (χ4n) is 5.31. The number of fused-ring (bicyclic) bond motifs is 1. The molecule has 0 saturated heterocycles. The summed E-state index contributed by atoms with van der Waals surface area (Å²) in [7, 11) is 1.42. The van der Waals surface area contributed by atoms with E-state index in [9.17, 15) is 9.90 Å². The lowest BCUT2D eigenvalue weighted by molar-refractivity contribution is 0.0693. The molecule has 200 valence electrons. The zero-order valence-corrected chi connectivity index (χ0v) is 22.3. The van der Waals surface area contributed by atoms with Gasteiger partial charge < -0.3 is 14.6 Å². The minimum atomic E-state index is -1.11. The second kappa shape index (κ2) is 10.5. The molecule has 39 heavy (non-hydrogen) atoms. The third-order valence-electron chi connectivity index (χ3n) is 7.55. The number of rotatable bonds is 9. The maximum atomic E-state index is 11.5. The molecule has 8 heteroatoms. The summed E-state index contributed by atoms with van der Waals surface area (Å²) in [6.45, 7) is 5.91. The Kier molecular flexibility index (Phi) is 6.79. The highest BCUT2D eigenvalue weighted by Gasteiger charge is 2.26. The van der Waals surface area contributed by atoms with Crippen molar-refractivity contribution in [1.82, 2.24) is 19.7 Å². The molecule has 1 aliphatic heterocycles. The predicted octanol–water partition coefficient (Wildman–Crippen LogP) is 5.30. The Morgan fingerprint density at radius 1 is 1.10 bits per heavy atom. The van der Waals surface area contributed by atoms with E-state index in [0.29, 0.717) is 18.1 Å². The summed E-state index contributed by atoms with van der Waals surface area (Å²) in [6.07, 6.45) is 5.13. The minimum Gasteiger partial charge on any atom is -0.488 e. The van der Waals surface area contributed by atoms with Gasteiger partial charge in [-0.2, -0.15) is 9.78 Å². The van der Waals surface area contributed by atoms with Gasteiger partial charge in [-0.05, 0) is 72.6 Å². The van der Waals surface area contributed by atoms with Gasteiger partial charge in [0.05, 0.1) is 19.0 Å². The average molecular weight is 525 g/mol. The summed E-state index contributed by atoms with van der Waals surface area (Å²) in [4.78, 5) is 18.9. The van der Waals surface area contributed by atoms with Gasteiger partial charge in [-0.25, -0.2) is 9.78 Å². The SMILES string of the molecule is COc1c(C(=O)O)cnn1-c1cccc(-c2cccc(C)c2OCc2ccc3c(c2)CCN(CC2CC2)C3)n1. The van der Waals surface area contributed by atoms with E-state index in [1.54, 1.807) is 6.07 Å². The zero-order valence-electron chi connectivity index (χ0n) is 22.3. The van der Waals surface area contributed by atoms with Crippen molar-refractivity contribution in [1.29, 1.82) is 0 Å². The van der Waals surface area contributed by atoms with Crippen LogP contribution in [0.25, 0.3) is 17.1 Å². The number of aromatic carboxylic acids is 1. The van der Waals surface area contributed by atoms with Gasteiger partial charge in [-0.1, -0.05) is 36.4 Å². The minimum absolute atomic E-state index is 0.0232. The zero-order chi connectivity index (χ0) is 26.9. The number of hydrogen-bond donors (Lipinski definition) is 1. The van der Waals surface area contributed by atoms with Crippen LogP contribution in [0.5, 0.6) is 11.6 Å². The van der Waals surface area contributed by atoms with Crippen molar-refractivity contribution >= 4 is 5.97 Å². The van der Waals surface area contributed by atoms with E-state index in [4.69, 9.17) is 14.5 Å². The van der Waals surface area contributed by atoms with E-state index in [1.165, 1.54) is 48.5 Å². The molecule has 3 heterocycles. The number of aryl methyl sites for hydroxylation is 1. The Hall–Kier alpha value is -4.17. The van der Waals surface area contributed by atoms with E-state index in [0.717, 1.165) is 47.9 Å². The van der Waals surface area contributed by atoms with Crippen LogP contribution < -0.4 is 9.47 Å². The van der Waals surface area contributed by atoms with Crippen LogP contribution in [0.2, 0.25) is 0 Å². The first-order chi connectivity index (χ1) is 19.0. The Labute approximate surface area is 227 Å². The highest BCUT2D eigenvalue weighted by atomic mass is 16.5. The molecule has 1 fully saturated rings. The lowest BCUT2D eigenvalue weighted by Crippen LogP contribution is -2.32. The lowest BCUT2D eigenvalue weighted by atomic mass is 9.97. The summed E-state index contributed by atoms with van der Waals surface area (Å²) in [5.74, 6) is 1.16. The van der Waals surface area contributed by atoms with Crippen LogP contribution in [-0.4, -0.2) is 50.9 Å². The smallest absolute Gasteiger partial charge is 0.342 e. The number of methoxy groups -OCH3 is 1. The van der Waals surface area contributed by atoms with Crippen molar-refractivity contribution in [3.63, 3.8) is 0 Å². The molecule has 0 radical (unpaired) electrons. The summed E-state index contributed by atoms with van der Waals surface area (Å²) in [5, 5.41) is 13.6. The molecule has 2 aromatic heterocycles. The Morgan fingerprint density at radius 2 is 1.95 bits per heavy atom. The predicted molar refractivity (Wildman–Crippen MR) is 148 cm³/mol. The number of carbonyl (C=O) groups is 1. The molecule has 0 unspecified atom stereocenters. The summed E-state index contributed by atoms with van der Waals surface area (Å²) in [5.41, 5.74) is 6.56. The van der Waals surface area contributed by atoms with E-state index >= 15 is 0 Å². The first kappa shape index (κ1) is 25.1. The number of pyridine rings is 1. The van der Waals surface area contributed by atoms with Gasteiger partial charge in [0.2, 0.25) is 5.88 Å². The number of hydrogen-bond acceptors (Lipinski definition) is 6. The second-order valence-electron chi connectivity index (χ2n) is 10.4. The van der Waals surface area contributed by atoms with E-state index in [-0.39, 0.29) is 11.4 Å². The van der Waals surface area contributed by atoms with Gasteiger partial charge in [0.15, 0.2) is 5.82 Å². The molecule has 0 bridgehead atoms. The molecule has 4 aromatic rings. The molecule has 2 aromatic carbocycles. The van der Waals surface area contributed by atoms with Crippen LogP contribution in [0, 0.1) is 12.8 Å². The maximum absolute atomic E-state index is 11.5. The van der Waals surface area contributed by atoms with Crippen molar-refractivity contribution in [3.8, 4) is 28.7 Å². The van der Waals surface area contributed by atoms with Gasteiger partial charge >= 0.3 is 5.97 Å². The van der Waals surface area contributed by atoms with Crippen molar-refractivity contribution in [3.05, 3.63) is 88.6 Å². The highest BCUT2D eigenvalue weighted by Crippen LogP contribution is 2.34. The fourth-order valence-corrected chi connectivity index (χ4v) is 5.31. The molecule has 1 N–H and O–H groups in total. The Bertz CT molecular complexity index is 1530. The number of carboxylic acids is 1. The third kappa shape index (κ3) is 5.25. The van der Waals surface area contributed by atoms with Crippen molar-refractivity contribution in [2.45, 2.75) is 39.3 Å². The molecular formula is C31H32N4O4. The molecule has 0 spiro atoms. The number of nitrogens with zero attached hydrogens (tertiary/aromatic N) is 4. The van der Waals surface area contributed by atoms with Crippen LogP contribution in [0.15, 0.2) is 60.8 Å². The van der Waals surface area contributed by atoms with Gasteiger partial charge in [0.25, 0.3) is 0 Å². The summed E-state index contributed by atoms with van der Waals surface area (Å²) >= 11 is 0. The number of aromatic nitrogens is 3. The van der Waals surface area contributed by atoms with E-state index in [1.807, 2.05) is 37.3 Å². The first-order valence-corrected chi connectivity index (χ1v) is 13.4. The molecule has 1 aliphatic carbocycles. The molecule has 0 amide bonds. The topological polar surface area (TPSA) is 89.7 Å². The molecule has 1 saturated carbocycles. The van der Waals surface area contributed by atoms with Gasteiger partial charge in [-0.3, -0.25) is 4.90 Å². The van der Waals surface area contributed by atoms with E-state index in [2.05, 4.69) is 28.2 Å². The second-order valence-corrected chi connectivity index (χ2v) is 10.4.